The third-order valence-corrected chi connectivity index (χ3v) is 10.6. The Balaban J connectivity index is 1.54. The number of hydrogen-bond acceptors (Lipinski definition) is 4. The van der Waals surface area contributed by atoms with E-state index in [-0.39, 0.29) is 0 Å². The molecule has 0 heterocycles. The first-order valence-corrected chi connectivity index (χ1v) is 19.5. The average Bonchev–Trinajstić information content (AvgIpc) is 3.47. The summed E-state index contributed by atoms with van der Waals surface area (Å²) in [6.45, 7) is 9.01. The maximum atomic E-state index is 6.80. The second kappa shape index (κ2) is 15.6. The van der Waals surface area contributed by atoms with Crippen molar-refractivity contribution < 1.29 is 9.47 Å². The van der Waals surface area contributed by atoms with Crippen LogP contribution in [0.5, 0.6) is 23.0 Å². The molecule has 0 fully saturated rings. The molecule has 0 bridgehead atoms. The summed E-state index contributed by atoms with van der Waals surface area (Å²) in [5, 5.41) is 0. The van der Waals surface area contributed by atoms with Gasteiger partial charge in [0.2, 0.25) is 0 Å². The molecule has 0 aromatic heterocycles. The summed E-state index contributed by atoms with van der Waals surface area (Å²) >= 11 is 0. The van der Waals surface area contributed by atoms with Crippen molar-refractivity contribution >= 4 is 11.4 Å². The first-order valence-electron chi connectivity index (χ1n) is 19.5. The van der Waals surface area contributed by atoms with E-state index in [1.165, 1.54) is 55.6 Å². The maximum absolute atomic E-state index is 6.80. The summed E-state index contributed by atoms with van der Waals surface area (Å²) in [7, 11) is 0. The van der Waals surface area contributed by atoms with Crippen LogP contribution in [0, 0.1) is 0 Å². The molecule has 0 unspecified atom stereocenters. The number of aryl methyl sites for hydroxylation is 4. The molecule has 53 heavy (non-hydrogen) atoms. The Hall–Kier alpha value is -5.48. The van der Waals surface area contributed by atoms with E-state index >= 15 is 0 Å². The number of nitrogen functional groups attached to an aromatic ring is 2. The summed E-state index contributed by atoms with van der Waals surface area (Å²) in [5.74, 6) is 3.56. The van der Waals surface area contributed by atoms with Gasteiger partial charge < -0.3 is 20.9 Å². The first kappa shape index (κ1) is 35.9. The van der Waals surface area contributed by atoms with Crippen molar-refractivity contribution in [1.29, 1.82) is 0 Å². The molecule has 6 aromatic carbocycles. The highest BCUT2D eigenvalue weighted by molar-refractivity contribution is 5.86. The molecular weight excluding hydrogens is 649 g/mol. The monoisotopic (exact) mass is 700 g/mol. The van der Waals surface area contributed by atoms with Crippen LogP contribution in [-0.2, 0) is 31.1 Å². The lowest BCUT2D eigenvalue weighted by atomic mass is 9.66. The number of rotatable bonds is 14. The van der Waals surface area contributed by atoms with Gasteiger partial charge in [-0.3, -0.25) is 0 Å². The number of ether oxygens (including phenoxy) is 2. The highest BCUT2D eigenvalue weighted by atomic mass is 16.5. The van der Waals surface area contributed by atoms with Crippen molar-refractivity contribution in [2.45, 2.75) is 84.5 Å². The van der Waals surface area contributed by atoms with Crippen LogP contribution in [0.3, 0.4) is 0 Å². The Bertz CT molecular complexity index is 1990. The summed E-state index contributed by atoms with van der Waals surface area (Å²) in [6, 6.07) is 43.4. The van der Waals surface area contributed by atoms with Crippen LogP contribution in [-0.4, -0.2) is 0 Å². The van der Waals surface area contributed by atoms with Gasteiger partial charge in [0, 0.05) is 11.4 Å². The summed E-state index contributed by atoms with van der Waals surface area (Å²) < 4.78 is 13.6. The van der Waals surface area contributed by atoms with Gasteiger partial charge in [0.1, 0.15) is 23.0 Å². The minimum Gasteiger partial charge on any atom is -0.457 e. The van der Waals surface area contributed by atoms with E-state index in [0.717, 1.165) is 85.7 Å². The fourth-order valence-electron chi connectivity index (χ4n) is 8.36. The Morgan fingerprint density at radius 3 is 1.08 bits per heavy atom. The minimum absolute atomic E-state index is 0.553. The lowest BCUT2D eigenvalue weighted by Gasteiger charge is -2.36. The Morgan fingerprint density at radius 1 is 0.434 bits per heavy atom. The zero-order valence-corrected chi connectivity index (χ0v) is 31.7. The van der Waals surface area contributed by atoms with Crippen LogP contribution in [0.4, 0.5) is 11.4 Å². The van der Waals surface area contributed by atoms with Crippen LogP contribution in [0.15, 0.2) is 121 Å². The van der Waals surface area contributed by atoms with Gasteiger partial charge in [-0.25, -0.2) is 0 Å². The van der Waals surface area contributed by atoms with Gasteiger partial charge in [0.15, 0.2) is 0 Å². The maximum Gasteiger partial charge on any atom is 0.133 e. The Labute approximate surface area is 315 Å². The second-order valence-electron chi connectivity index (χ2n) is 14.4. The van der Waals surface area contributed by atoms with Gasteiger partial charge in [-0.2, -0.15) is 0 Å². The van der Waals surface area contributed by atoms with Crippen molar-refractivity contribution in [1.82, 2.24) is 0 Å². The van der Waals surface area contributed by atoms with Crippen molar-refractivity contribution in [2.24, 2.45) is 0 Å². The summed E-state index contributed by atoms with van der Waals surface area (Å²) in [4.78, 5) is 0. The number of benzene rings is 6. The molecule has 0 radical (unpaired) electrons. The van der Waals surface area contributed by atoms with E-state index in [1.807, 2.05) is 48.5 Å². The number of fused-ring (bicyclic) bond motifs is 3. The van der Waals surface area contributed by atoms with Crippen LogP contribution in [0.25, 0.3) is 11.1 Å². The molecule has 1 aliphatic carbocycles. The van der Waals surface area contributed by atoms with Gasteiger partial charge in [-0.1, -0.05) is 126 Å². The number of hydrogen-bond donors (Lipinski definition) is 2. The lowest BCUT2D eigenvalue weighted by molar-refractivity contribution is 0.467. The molecule has 1 aliphatic rings. The van der Waals surface area contributed by atoms with Crippen LogP contribution >= 0.6 is 0 Å². The van der Waals surface area contributed by atoms with Gasteiger partial charge >= 0.3 is 0 Å². The van der Waals surface area contributed by atoms with Gasteiger partial charge in [-0.05, 0) is 130 Å². The fourth-order valence-corrected chi connectivity index (χ4v) is 8.36. The first-order chi connectivity index (χ1) is 25.9. The number of anilines is 2. The van der Waals surface area contributed by atoms with E-state index in [1.54, 1.807) is 0 Å². The predicted octanol–water partition coefficient (Wildman–Crippen LogP) is 12.6. The standard InChI is InChI=1S/C49H52N2O2/c1-5-13-33-29-37(30-34(14-6-2)47(33)52-41-25-21-39(50)22-26-41)49(45-19-11-9-17-43(45)44-18-10-12-20-46(44)49)38-31-35(15-7-3)48(36(32-38)16-8-4)53-42-27-23-40(51)24-28-42/h9-12,17-32H,5-8,13-16,50-51H2,1-4H3. The average molecular weight is 701 g/mol. The van der Waals surface area contributed by atoms with Crippen molar-refractivity contribution in [3.05, 3.63) is 166 Å². The molecule has 7 rings (SSSR count). The normalized spacial score (nSPS) is 12.7. The number of nitrogens with two attached hydrogens (primary N) is 2. The molecule has 6 aromatic rings. The zero-order chi connectivity index (χ0) is 37.0. The quantitative estimate of drug-likeness (QED) is 0.111. The largest absolute Gasteiger partial charge is 0.457 e. The third-order valence-electron chi connectivity index (χ3n) is 10.6. The molecule has 0 amide bonds. The lowest BCUT2D eigenvalue weighted by Crippen LogP contribution is -2.29. The molecule has 0 saturated carbocycles. The van der Waals surface area contributed by atoms with Gasteiger partial charge in [0.05, 0.1) is 5.41 Å². The molecule has 0 spiro atoms. The van der Waals surface area contributed by atoms with Gasteiger partial charge in [-0.15, -0.1) is 0 Å². The summed E-state index contributed by atoms with van der Waals surface area (Å²) in [5.41, 5.74) is 25.7. The van der Waals surface area contributed by atoms with E-state index < -0.39 is 5.41 Å². The van der Waals surface area contributed by atoms with E-state index in [9.17, 15) is 0 Å². The van der Waals surface area contributed by atoms with Crippen LogP contribution < -0.4 is 20.9 Å². The molecule has 0 aliphatic heterocycles. The van der Waals surface area contributed by atoms with Gasteiger partial charge in [0.25, 0.3) is 0 Å². The topological polar surface area (TPSA) is 70.5 Å². The molecule has 4 nitrogen and oxygen atoms in total. The van der Waals surface area contributed by atoms with E-state index in [0.29, 0.717) is 0 Å². The molecule has 270 valence electrons. The van der Waals surface area contributed by atoms with Crippen molar-refractivity contribution in [3.8, 4) is 34.1 Å². The summed E-state index contributed by atoms with van der Waals surface area (Å²) in [6.07, 6.45) is 7.65. The smallest absolute Gasteiger partial charge is 0.133 e. The molecule has 4 heteroatoms. The fraction of sp³-hybridized carbons (Fsp3) is 0.265. The van der Waals surface area contributed by atoms with Crippen LogP contribution in [0.1, 0.15) is 97.9 Å². The Morgan fingerprint density at radius 2 is 0.755 bits per heavy atom. The van der Waals surface area contributed by atoms with Crippen molar-refractivity contribution in [2.75, 3.05) is 11.5 Å². The SMILES string of the molecule is CCCc1cc(C2(c3cc(CCC)c(Oc4ccc(N)cc4)c(CCC)c3)c3ccccc3-c3ccccc32)cc(CCC)c1Oc1ccc(N)cc1. The molecule has 0 atom stereocenters. The third kappa shape index (κ3) is 6.79. The van der Waals surface area contributed by atoms with Crippen LogP contribution in [0.2, 0.25) is 0 Å². The predicted molar refractivity (Wildman–Crippen MR) is 222 cm³/mol. The molecule has 4 N–H and O–H groups in total. The van der Waals surface area contributed by atoms with Crippen molar-refractivity contribution in [3.63, 3.8) is 0 Å². The minimum atomic E-state index is -0.553. The van der Waals surface area contributed by atoms with E-state index in [2.05, 4.69) is 100 Å². The zero-order valence-electron chi connectivity index (χ0n) is 31.7. The highest BCUT2D eigenvalue weighted by Crippen LogP contribution is 2.57. The highest BCUT2D eigenvalue weighted by Gasteiger charge is 2.47. The molecular formula is C49H52N2O2. The Kier molecular flexibility index (Phi) is 10.6. The molecule has 0 saturated heterocycles. The second-order valence-corrected chi connectivity index (χ2v) is 14.4. The van der Waals surface area contributed by atoms with E-state index in [4.69, 9.17) is 20.9 Å².